The molecule has 0 unspecified atom stereocenters. The second-order valence-corrected chi connectivity index (χ2v) is 6.52. The van der Waals surface area contributed by atoms with Crippen molar-refractivity contribution in [3.05, 3.63) is 64.4 Å². The minimum atomic E-state index is -1.05. The van der Waals surface area contributed by atoms with E-state index in [1.54, 1.807) is 48.1 Å². The lowest BCUT2D eigenvalue weighted by Crippen LogP contribution is -2.30. The lowest BCUT2D eigenvalue weighted by molar-refractivity contribution is -0.137. The Morgan fingerprint density at radius 2 is 1.92 bits per heavy atom. The van der Waals surface area contributed by atoms with Crippen LogP contribution in [0.25, 0.3) is 10.8 Å². The predicted octanol–water partition coefficient (Wildman–Crippen LogP) is 3.20. The van der Waals surface area contributed by atoms with Gasteiger partial charge in [-0.05, 0) is 17.7 Å². The van der Waals surface area contributed by atoms with Crippen molar-refractivity contribution >= 4 is 34.8 Å². The quantitative estimate of drug-likeness (QED) is 0.671. The van der Waals surface area contributed by atoms with Gasteiger partial charge in [-0.1, -0.05) is 29.8 Å². The molecule has 2 aromatic heterocycles. The van der Waals surface area contributed by atoms with Crippen molar-refractivity contribution in [2.45, 2.75) is 12.5 Å². The minimum absolute atomic E-state index is 0.167. The molecule has 0 saturated carbocycles. The summed E-state index contributed by atoms with van der Waals surface area (Å²) in [4.78, 5) is 36.1. The van der Waals surface area contributed by atoms with E-state index in [0.717, 1.165) is 0 Å². The van der Waals surface area contributed by atoms with Gasteiger partial charge in [-0.25, -0.2) is 15.0 Å². The van der Waals surface area contributed by atoms with Crippen LogP contribution in [-0.4, -0.2) is 31.9 Å². The molecule has 2 N–H and O–H groups in total. The lowest BCUT2D eigenvalue weighted by atomic mass is 10.0. The summed E-state index contributed by atoms with van der Waals surface area (Å²) in [7, 11) is 0. The Kier molecular flexibility index (Phi) is 5.55. The van der Waals surface area contributed by atoms with Crippen LogP contribution < -0.4 is 5.32 Å². The fourth-order valence-electron chi connectivity index (χ4n) is 2.29. The van der Waals surface area contributed by atoms with Gasteiger partial charge in [0.05, 0.1) is 12.5 Å². The smallest absolute Gasteiger partial charge is 0.305 e. The lowest BCUT2D eigenvalue weighted by Gasteiger charge is -2.18. The highest BCUT2D eigenvalue weighted by Crippen LogP contribution is 2.26. The monoisotopic (exact) mass is 388 g/mol. The molecule has 0 aliphatic carbocycles. The fraction of sp³-hybridized carbons (Fsp3) is 0.118. The Morgan fingerprint density at radius 1 is 1.19 bits per heavy atom. The van der Waals surface area contributed by atoms with Crippen LogP contribution in [0, 0.1) is 0 Å². The van der Waals surface area contributed by atoms with E-state index >= 15 is 0 Å². The van der Waals surface area contributed by atoms with Crippen LogP contribution in [0.4, 0.5) is 0 Å². The first-order valence-electron chi connectivity index (χ1n) is 7.54. The van der Waals surface area contributed by atoms with Crippen LogP contribution >= 0.6 is 22.9 Å². The number of carboxylic acid groups (broad SMARTS) is 1. The van der Waals surface area contributed by atoms with Gasteiger partial charge in [0, 0.05) is 22.8 Å². The van der Waals surface area contributed by atoms with Crippen LogP contribution in [0.3, 0.4) is 0 Å². The number of aliphatic carboxylic acids is 1. The molecule has 2 heterocycles. The number of hydrogen-bond acceptors (Lipinski definition) is 6. The molecule has 0 saturated heterocycles. The molecule has 1 atom stereocenters. The Balaban J connectivity index is 1.81. The first-order valence-corrected chi connectivity index (χ1v) is 8.80. The molecule has 0 spiro atoms. The van der Waals surface area contributed by atoms with E-state index in [0.29, 0.717) is 21.4 Å². The van der Waals surface area contributed by atoms with Crippen LogP contribution in [0.15, 0.2) is 48.1 Å². The standard InChI is InChI=1S/C17H13ClN4O3S/c18-11-5-2-1-4-10(11)12(8-14(23)24)21-16(25)13-9-26-17(22-13)15-19-6-3-7-20-15/h1-7,9,12H,8H2,(H,21,25)(H,23,24)/t12-/m1/s1. The molecule has 7 nitrogen and oxygen atoms in total. The summed E-state index contributed by atoms with van der Waals surface area (Å²) in [5.74, 6) is -1.12. The molecule has 26 heavy (non-hydrogen) atoms. The molecule has 0 fully saturated rings. The summed E-state index contributed by atoms with van der Waals surface area (Å²) < 4.78 is 0. The van der Waals surface area contributed by atoms with Gasteiger partial charge >= 0.3 is 5.97 Å². The number of carboxylic acids is 1. The Hall–Kier alpha value is -2.84. The number of amides is 1. The van der Waals surface area contributed by atoms with E-state index < -0.39 is 17.9 Å². The third-order valence-corrected chi connectivity index (χ3v) is 4.64. The second kappa shape index (κ2) is 8.03. The Labute approximate surface area is 157 Å². The first-order chi connectivity index (χ1) is 12.5. The number of benzene rings is 1. The molecule has 3 rings (SSSR count). The number of nitrogens with one attached hydrogen (secondary N) is 1. The number of hydrogen-bond donors (Lipinski definition) is 2. The van der Waals surface area contributed by atoms with Crippen molar-refractivity contribution < 1.29 is 14.7 Å². The normalized spacial score (nSPS) is 11.7. The van der Waals surface area contributed by atoms with Crippen LogP contribution in [0.2, 0.25) is 5.02 Å². The molecule has 0 aliphatic rings. The average molecular weight is 389 g/mol. The average Bonchev–Trinajstić information content (AvgIpc) is 3.12. The highest BCUT2D eigenvalue weighted by molar-refractivity contribution is 7.13. The maximum Gasteiger partial charge on any atom is 0.305 e. The van der Waals surface area contributed by atoms with Gasteiger partial charge in [-0.15, -0.1) is 11.3 Å². The SMILES string of the molecule is O=C(O)C[C@@H](NC(=O)c1csc(-c2ncccn2)n1)c1ccccc1Cl. The molecule has 3 aromatic rings. The number of carbonyl (C=O) groups excluding carboxylic acids is 1. The highest BCUT2D eigenvalue weighted by atomic mass is 35.5. The van der Waals surface area contributed by atoms with Gasteiger partial charge in [-0.3, -0.25) is 9.59 Å². The maximum atomic E-state index is 12.5. The van der Waals surface area contributed by atoms with Crippen molar-refractivity contribution in [1.29, 1.82) is 0 Å². The van der Waals surface area contributed by atoms with Crippen LogP contribution in [0.5, 0.6) is 0 Å². The molecular weight excluding hydrogens is 376 g/mol. The van der Waals surface area contributed by atoms with Crippen molar-refractivity contribution in [3.8, 4) is 10.8 Å². The Bertz CT molecular complexity index is 933. The van der Waals surface area contributed by atoms with Crippen LogP contribution in [0.1, 0.15) is 28.5 Å². The summed E-state index contributed by atoms with van der Waals surface area (Å²) in [6.07, 6.45) is 2.88. The molecule has 9 heteroatoms. The molecule has 0 aliphatic heterocycles. The first kappa shape index (κ1) is 18.0. The van der Waals surface area contributed by atoms with Crippen molar-refractivity contribution in [3.63, 3.8) is 0 Å². The largest absolute Gasteiger partial charge is 0.481 e. The number of thiazole rings is 1. The van der Waals surface area contributed by atoms with Gasteiger partial charge in [0.2, 0.25) is 0 Å². The zero-order chi connectivity index (χ0) is 18.5. The zero-order valence-corrected chi connectivity index (χ0v) is 14.9. The van der Waals surface area contributed by atoms with Crippen LogP contribution in [-0.2, 0) is 4.79 Å². The van der Waals surface area contributed by atoms with E-state index in [-0.39, 0.29) is 12.1 Å². The second-order valence-electron chi connectivity index (χ2n) is 5.26. The van der Waals surface area contributed by atoms with Gasteiger partial charge < -0.3 is 10.4 Å². The van der Waals surface area contributed by atoms with Crippen molar-refractivity contribution in [1.82, 2.24) is 20.3 Å². The number of halogens is 1. The Morgan fingerprint density at radius 3 is 2.62 bits per heavy atom. The maximum absolute atomic E-state index is 12.5. The van der Waals surface area contributed by atoms with Crippen molar-refractivity contribution in [2.24, 2.45) is 0 Å². The molecule has 1 aromatic carbocycles. The fourth-order valence-corrected chi connectivity index (χ4v) is 3.31. The molecular formula is C17H13ClN4O3S. The minimum Gasteiger partial charge on any atom is -0.481 e. The summed E-state index contributed by atoms with van der Waals surface area (Å²) in [5, 5.41) is 14.3. The zero-order valence-electron chi connectivity index (χ0n) is 13.3. The molecule has 0 bridgehead atoms. The number of rotatable bonds is 6. The molecule has 1 amide bonds. The van der Waals surface area contributed by atoms with Gasteiger partial charge in [0.15, 0.2) is 10.8 Å². The molecule has 0 radical (unpaired) electrons. The van der Waals surface area contributed by atoms with E-state index in [2.05, 4.69) is 20.3 Å². The van der Waals surface area contributed by atoms with E-state index in [4.69, 9.17) is 16.7 Å². The molecule has 132 valence electrons. The van der Waals surface area contributed by atoms with Gasteiger partial charge in [0.25, 0.3) is 5.91 Å². The predicted molar refractivity (Wildman–Crippen MR) is 97.1 cm³/mol. The summed E-state index contributed by atoms with van der Waals surface area (Å²) >= 11 is 7.37. The summed E-state index contributed by atoms with van der Waals surface area (Å²) in [5.41, 5.74) is 0.701. The van der Waals surface area contributed by atoms with E-state index in [9.17, 15) is 9.59 Å². The van der Waals surface area contributed by atoms with Crippen molar-refractivity contribution in [2.75, 3.05) is 0 Å². The summed E-state index contributed by atoms with van der Waals surface area (Å²) in [6, 6.07) is 7.71. The third-order valence-electron chi connectivity index (χ3n) is 3.46. The number of nitrogens with zero attached hydrogens (tertiary/aromatic N) is 3. The topological polar surface area (TPSA) is 105 Å². The summed E-state index contributed by atoms with van der Waals surface area (Å²) in [6.45, 7) is 0. The van der Waals surface area contributed by atoms with E-state index in [1.165, 1.54) is 11.3 Å². The van der Waals surface area contributed by atoms with Gasteiger partial charge in [0.1, 0.15) is 5.69 Å². The number of carbonyl (C=O) groups is 2. The van der Waals surface area contributed by atoms with Gasteiger partial charge in [-0.2, -0.15) is 0 Å². The highest BCUT2D eigenvalue weighted by Gasteiger charge is 2.22. The van der Waals surface area contributed by atoms with E-state index in [1.807, 2.05) is 0 Å². The number of aromatic nitrogens is 3. The third kappa shape index (κ3) is 4.22.